The van der Waals surface area contributed by atoms with Crippen molar-refractivity contribution in [3.8, 4) is 11.1 Å². The van der Waals surface area contributed by atoms with Crippen molar-refractivity contribution in [3.63, 3.8) is 0 Å². The minimum Gasteiger partial charge on any atom is -0.390 e. The molecule has 12 heteroatoms. The molecule has 192 valence electrons. The molecule has 4 rings (SSSR count). The van der Waals surface area contributed by atoms with Crippen LogP contribution in [0.15, 0.2) is 24.4 Å². The fourth-order valence-corrected chi connectivity index (χ4v) is 6.47. The summed E-state index contributed by atoms with van der Waals surface area (Å²) in [7, 11) is -3.96. The summed E-state index contributed by atoms with van der Waals surface area (Å²) < 4.78 is 41.2. The fourth-order valence-electron chi connectivity index (χ4n) is 3.69. The molecule has 2 heterocycles. The largest absolute Gasteiger partial charge is 0.390 e. The number of nitrogens with one attached hydrogen (secondary N) is 2. The van der Waals surface area contributed by atoms with Gasteiger partial charge in [-0.3, -0.25) is 14.6 Å². The summed E-state index contributed by atoms with van der Waals surface area (Å²) in [4.78, 5) is 33.5. The number of rotatable bonds is 9. The molecule has 0 saturated heterocycles. The summed E-state index contributed by atoms with van der Waals surface area (Å²) in [6, 6.07) is 4.89. The highest BCUT2D eigenvalue weighted by Gasteiger charge is 2.39. The fraction of sp³-hybridized carbons (Fsp3) is 0.417. The number of carbonyl (C=O) groups is 2. The van der Waals surface area contributed by atoms with Crippen molar-refractivity contribution >= 4 is 43.2 Å². The van der Waals surface area contributed by atoms with Crippen molar-refractivity contribution in [2.45, 2.75) is 56.8 Å². The molecule has 1 aromatic carbocycles. The highest BCUT2D eigenvalue weighted by molar-refractivity contribution is 7.93. The maximum Gasteiger partial charge on any atom is 0.245 e. The number of carbonyl (C=O) groups excluding carboxylic acids is 2. The van der Waals surface area contributed by atoms with E-state index < -0.39 is 38.7 Å². The molecule has 36 heavy (non-hydrogen) atoms. The Morgan fingerprint density at radius 1 is 1.25 bits per heavy atom. The number of benzene rings is 1. The Morgan fingerprint density at radius 2 is 1.97 bits per heavy atom. The van der Waals surface area contributed by atoms with Crippen LogP contribution in [-0.2, 0) is 26.0 Å². The summed E-state index contributed by atoms with van der Waals surface area (Å²) in [5.41, 5.74) is 2.35. The first-order valence-corrected chi connectivity index (χ1v) is 13.9. The third-order valence-corrected chi connectivity index (χ3v) is 9.58. The van der Waals surface area contributed by atoms with Crippen molar-refractivity contribution in [2.24, 2.45) is 0 Å². The second kappa shape index (κ2) is 10.2. The van der Waals surface area contributed by atoms with E-state index in [0.29, 0.717) is 21.3 Å². The standard InChI is InChI=1S/C24H27FN4O5S2/c1-12(2)36(33,34)22(23(32)27-10-21(31)28-15-4-5-15)24-29-18-6-13(3)16(8-20(18)35-24)14-7-17(25)19(11-30)26-9-14/h6-9,12,15,22,30H,4-5,10-11H2,1-3H3,(H,27,32)(H,28,31). The number of halogens is 1. The molecule has 1 aliphatic carbocycles. The van der Waals surface area contributed by atoms with Gasteiger partial charge in [-0.15, -0.1) is 11.3 Å². The van der Waals surface area contributed by atoms with Crippen LogP contribution in [0, 0.1) is 12.7 Å². The second-order valence-corrected chi connectivity index (χ2v) is 12.7. The van der Waals surface area contributed by atoms with Crippen LogP contribution in [0.25, 0.3) is 21.3 Å². The molecule has 1 aliphatic rings. The first kappa shape index (κ1) is 26.1. The number of fused-ring (bicyclic) bond motifs is 1. The smallest absolute Gasteiger partial charge is 0.245 e. The van der Waals surface area contributed by atoms with Crippen LogP contribution >= 0.6 is 11.3 Å². The van der Waals surface area contributed by atoms with Gasteiger partial charge in [-0.1, -0.05) is 0 Å². The summed E-state index contributed by atoms with van der Waals surface area (Å²) in [6.07, 6.45) is 3.24. The lowest BCUT2D eigenvalue weighted by Crippen LogP contribution is -2.42. The van der Waals surface area contributed by atoms with Gasteiger partial charge in [0.15, 0.2) is 15.1 Å². The molecule has 1 unspecified atom stereocenters. The minimum atomic E-state index is -3.96. The number of pyridine rings is 1. The Bertz CT molecular complexity index is 1430. The third-order valence-electron chi connectivity index (χ3n) is 5.94. The van der Waals surface area contributed by atoms with E-state index >= 15 is 0 Å². The normalized spacial score (nSPS) is 14.7. The van der Waals surface area contributed by atoms with Crippen molar-refractivity contribution < 1.29 is 27.5 Å². The molecular weight excluding hydrogens is 507 g/mol. The van der Waals surface area contributed by atoms with Gasteiger partial charge in [-0.2, -0.15) is 0 Å². The van der Waals surface area contributed by atoms with Crippen LogP contribution in [0.4, 0.5) is 4.39 Å². The number of aryl methyl sites for hydroxylation is 1. The molecule has 0 aliphatic heterocycles. The first-order valence-electron chi connectivity index (χ1n) is 11.5. The number of nitrogens with zero attached hydrogens (tertiary/aromatic N) is 2. The first-order chi connectivity index (χ1) is 17.0. The van der Waals surface area contributed by atoms with Gasteiger partial charge in [0.2, 0.25) is 11.8 Å². The second-order valence-electron chi connectivity index (χ2n) is 9.07. The molecule has 3 aromatic rings. The molecular formula is C24H27FN4O5S2. The summed E-state index contributed by atoms with van der Waals surface area (Å²) in [5, 5.41) is 12.0. The number of aliphatic hydroxyl groups excluding tert-OH is 1. The molecule has 1 fully saturated rings. The topological polar surface area (TPSA) is 138 Å². The number of thiazole rings is 1. The number of aromatic nitrogens is 2. The lowest BCUT2D eigenvalue weighted by atomic mass is 10.0. The zero-order valence-corrected chi connectivity index (χ0v) is 21.7. The number of sulfone groups is 1. The maximum absolute atomic E-state index is 14.2. The van der Waals surface area contributed by atoms with Crippen LogP contribution in [0.2, 0.25) is 0 Å². The van der Waals surface area contributed by atoms with Gasteiger partial charge in [0, 0.05) is 17.8 Å². The number of aliphatic hydroxyl groups is 1. The van der Waals surface area contributed by atoms with Crippen molar-refractivity contribution in [1.29, 1.82) is 0 Å². The number of amides is 2. The van der Waals surface area contributed by atoms with Crippen LogP contribution < -0.4 is 10.6 Å². The van der Waals surface area contributed by atoms with E-state index in [1.54, 1.807) is 19.1 Å². The van der Waals surface area contributed by atoms with Gasteiger partial charge in [0.25, 0.3) is 0 Å². The van der Waals surface area contributed by atoms with Gasteiger partial charge >= 0.3 is 0 Å². The maximum atomic E-state index is 14.2. The van der Waals surface area contributed by atoms with Gasteiger partial charge in [-0.25, -0.2) is 17.8 Å². The molecule has 0 bridgehead atoms. The van der Waals surface area contributed by atoms with Gasteiger partial charge in [-0.05, 0) is 62.9 Å². The van der Waals surface area contributed by atoms with Crippen LogP contribution in [0.5, 0.6) is 0 Å². The molecule has 2 aromatic heterocycles. The third kappa shape index (κ3) is 5.40. The molecule has 0 spiro atoms. The Labute approximate surface area is 212 Å². The Morgan fingerprint density at radius 3 is 2.58 bits per heavy atom. The Kier molecular flexibility index (Phi) is 7.39. The average Bonchev–Trinajstić information content (AvgIpc) is 3.54. The molecule has 3 N–H and O–H groups in total. The molecule has 2 amide bonds. The van der Waals surface area contributed by atoms with Crippen LogP contribution in [0.1, 0.15) is 48.2 Å². The lowest BCUT2D eigenvalue weighted by Gasteiger charge is -2.17. The van der Waals surface area contributed by atoms with Crippen molar-refractivity contribution in [1.82, 2.24) is 20.6 Å². The SMILES string of the molecule is Cc1cc2nc(C(C(=O)NCC(=O)NC3CC3)S(=O)(=O)C(C)C)sc2cc1-c1cnc(CO)c(F)c1. The molecule has 0 radical (unpaired) electrons. The molecule has 1 saturated carbocycles. The minimum absolute atomic E-state index is 0.0592. The summed E-state index contributed by atoms with van der Waals surface area (Å²) in [6.45, 7) is 3.94. The van der Waals surface area contributed by atoms with Crippen molar-refractivity contribution in [2.75, 3.05) is 6.54 Å². The Hall–Kier alpha value is -2.96. The van der Waals surface area contributed by atoms with Crippen LogP contribution in [-0.4, -0.2) is 53.1 Å². The van der Waals surface area contributed by atoms with Gasteiger partial charge in [0.05, 0.1) is 28.6 Å². The van der Waals surface area contributed by atoms with Crippen molar-refractivity contribution in [3.05, 3.63) is 46.5 Å². The zero-order valence-electron chi connectivity index (χ0n) is 20.0. The van der Waals surface area contributed by atoms with E-state index in [1.165, 1.54) is 26.1 Å². The number of hydrogen-bond donors (Lipinski definition) is 3. The van der Waals surface area contributed by atoms with E-state index in [0.717, 1.165) is 29.7 Å². The van der Waals surface area contributed by atoms with E-state index in [1.807, 2.05) is 0 Å². The van der Waals surface area contributed by atoms with E-state index in [4.69, 9.17) is 0 Å². The summed E-state index contributed by atoms with van der Waals surface area (Å²) in [5.74, 6) is -1.81. The van der Waals surface area contributed by atoms with Crippen LogP contribution in [0.3, 0.4) is 0 Å². The highest BCUT2D eigenvalue weighted by atomic mass is 32.2. The zero-order chi connectivity index (χ0) is 26.2. The summed E-state index contributed by atoms with van der Waals surface area (Å²) >= 11 is 1.06. The average molecular weight is 535 g/mol. The van der Waals surface area contributed by atoms with E-state index in [2.05, 4.69) is 20.6 Å². The molecule has 9 nitrogen and oxygen atoms in total. The monoisotopic (exact) mass is 534 g/mol. The highest BCUT2D eigenvalue weighted by Crippen LogP contribution is 2.36. The molecule has 1 atom stereocenters. The van der Waals surface area contributed by atoms with E-state index in [-0.39, 0.29) is 29.2 Å². The predicted octanol–water partition coefficient (Wildman–Crippen LogP) is 2.56. The predicted molar refractivity (Wildman–Crippen MR) is 134 cm³/mol. The Balaban J connectivity index is 1.69. The quantitative estimate of drug-likeness (QED) is 0.384. The van der Waals surface area contributed by atoms with Gasteiger partial charge in [0.1, 0.15) is 16.5 Å². The lowest BCUT2D eigenvalue weighted by molar-refractivity contribution is -0.126. The van der Waals surface area contributed by atoms with E-state index in [9.17, 15) is 27.5 Å². The van der Waals surface area contributed by atoms with Gasteiger partial charge < -0.3 is 15.7 Å². The number of hydrogen-bond acceptors (Lipinski definition) is 8.